The Bertz CT molecular complexity index is 967. The number of halogens is 1. The Labute approximate surface area is 175 Å². The molecule has 0 unspecified atom stereocenters. The summed E-state index contributed by atoms with van der Waals surface area (Å²) in [7, 11) is -2.43. The van der Waals surface area contributed by atoms with E-state index in [0.29, 0.717) is 4.34 Å². The minimum absolute atomic E-state index is 0.00465. The second kappa shape index (κ2) is 10.5. The summed E-state index contributed by atoms with van der Waals surface area (Å²) in [5.41, 5.74) is -0.0631. The second-order valence-corrected chi connectivity index (χ2v) is 9.78. The minimum Gasteiger partial charge on any atom is -0.468 e. The highest BCUT2D eigenvalue weighted by Crippen LogP contribution is 2.26. The number of esters is 1. The maximum atomic E-state index is 14.0. The molecule has 1 aromatic heterocycles. The van der Waals surface area contributed by atoms with Crippen molar-refractivity contribution >= 4 is 55.8 Å². The van der Waals surface area contributed by atoms with Gasteiger partial charge in [-0.05, 0) is 18.6 Å². The van der Waals surface area contributed by atoms with E-state index in [-0.39, 0.29) is 41.9 Å². The average molecular weight is 463 g/mol. The van der Waals surface area contributed by atoms with Crippen molar-refractivity contribution in [2.45, 2.75) is 17.2 Å². The van der Waals surface area contributed by atoms with Gasteiger partial charge in [-0.3, -0.25) is 13.9 Å². The lowest BCUT2D eigenvalue weighted by Gasteiger charge is -2.22. The molecule has 2 rings (SSSR count). The van der Waals surface area contributed by atoms with E-state index in [9.17, 15) is 22.4 Å². The number of carbonyl (C=O) groups is 2. The summed E-state index contributed by atoms with van der Waals surface area (Å²) in [4.78, 5) is 23.2. The predicted octanol–water partition coefficient (Wildman–Crippen LogP) is 2.13. The number of amides is 1. The van der Waals surface area contributed by atoms with Crippen LogP contribution in [0.1, 0.15) is 12.8 Å². The zero-order chi connectivity index (χ0) is 21.4. The van der Waals surface area contributed by atoms with Crippen LogP contribution < -0.4 is 9.62 Å². The van der Waals surface area contributed by atoms with E-state index in [1.165, 1.54) is 31.4 Å². The number of ether oxygens (including phenoxy) is 1. The summed E-state index contributed by atoms with van der Waals surface area (Å²) in [5.74, 6) is -1.36. The van der Waals surface area contributed by atoms with E-state index in [0.717, 1.165) is 33.7 Å². The number of thioether (sulfide) groups is 1. The van der Waals surface area contributed by atoms with Crippen LogP contribution >= 0.6 is 23.1 Å². The zero-order valence-corrected chi connectivity index (χ0v) is 18.1. The van der Waals surface area contributed by atoms with Crippen molar-refractivity contribution in [1.29, 1.82) is 0 Å². The molecule has 1 amide bonds. The Morgan fingerprint density at radius 3 is 2.69 bits per heavy atom. The van der Waals surface area contributed by atoms with Crippen molar-refractivity contribution in [3.8, 4) is 0 Å². The molecule has 0 saturated carbocycles. The number of sulfonamides is 1. The van der Waals surface area contributed by atoms with E-state index >= 15 is 0 Å². The van der Waals surface area contributed by atoms with Crippen LogP contribution in [0.25, 0.3) is 0 Å². The molecule has 9 nitrogen and oxygen atoms in total. The molecule has 158 valence electrons. The van der Waals surface area contributed by atoms with Crippen LogP contribution in [0.15, 0.2) is 28.6 Å². The summed E-state index contributed by atoms with van der Waals surface area (Å²) < 4.78 is 43.9. The molecule has 13 heteroatoms. The molecule has 2 aromatic rings. The monoisotopic (exact) mass is 462 g/mol. The first kappa shape index (κ1) is 23.0. The Morgan fingerprint density at radius 2 is 2.03 bits per heavy atom. The second-order valence-electron chi connectivity index (χ2n) is 5.68. The first-order valence-corrected chi connectivity index (χ1v) is 11.9. The molecule has 0 bridgehead atoms. The van der Waals surface area contributed by atoms with Crippen molar-refractivity contribution in [2.24, 2.45) is 0 Å². The Morgan fingerprint density at radius 1 is 1.31 bits per heavy atom. The van der Waals surface area contributed by atoms with Gasteiger partial charge in [-0.25, -0.2) is 12.8 Å². The quantitative estimate of drug-likeness (QED) is 0.324. The number of hydrogen-bond donors (Lipinski definition) is 1. The minimum atomic E-state index is -3.71. The summed E-state index contributed by atoms with van der Waals surface area (Å²) in [5, 5.41) is 10.5. The molecule has 0 radical (unpaired) electrons. The Kier molecular flexibility index (Phi) is 8.34. The summed E-state index contributed by atoms with van der Waals surface area (Å²) in [6.07, 6.45) is 1.16. The summed E-state index contributed by atoms with van der Waals surface area (Å²) in [6.45, 7) is -0.0520. The van der Waals surface area contributed by atoms with E-state index in [4.69, 9.17) is 0 Å². The van der Waals surface area contributed by atoms with Gasteiger partial charge in [0, 0.05) is 13.0 Å². The predicted molar refractivity (Wildman–Crippen MR) is 109 cm³/mol. The van der Waals surface area contributed by atoms with Crippen LogP contribution in [-0.4, -0.2) is 56.2 Å². The molecule has 1 heterocycles. The van der Waals surface area contributed by atoms with Gasteiger partial charge in [0.1, 0.15) is 5.82 Å². The molecule has 1 aromatic carbocycles. The zero-order valence-electron chi connectivity index (χ0n) is 15.6. The molecule has 0 atom stereocenters. The molecular formula is C16H19FN4O5S3. The lowest BCUT2D eigenvalue weighted by molar-refractivity contribution is -0.137. The number of nitrogens with one attached hydrogen (secondary N) is 1. The molecule has 0 aliphatic carbocycles. The normalized spacial score (nSPS) is 11.1. The van der Waals surface area contributed by atoms with E-state index in [1.807, 2.05) is 0 Å². The van der Waals surface area contributed by atoms with Crippen molar-refractivity contribution < 1.29 is 27.1 Å². The Balaban J connectivity index is 1.88. The first-order valence-electron chi connectivity index (χ1n) is 8.26. The fraction of sp³-hybridized carbons (Fsp3) is 0.375. The fourth-order valence-corrected chi connectivity index (χ4v) is 4.75. The number of methoxy groups -OCH3 is 1. The fourth-order valence-electron chi connectivity index (χ4n) is 2.18. The smallest absolute Gasteiger partial charge is 0.316 e. The number of anilines is 2. The number of nitrogens with zero attached hydrogens (tertiary/aromatic N) is 3. The topological polar surface area (TPSA) is 119 Å². The molecule has 0 aliphatic heterocycles. The third kappa shape index (κ3) is 7.25. The lowest BCUT2D eigenvalue weighted by atomic mass is 10.2. The van der Waals surface area contributed by atoms with Crippen LogP contribution in [0, 0.1) is 5.82 Å². The maximum Gasteiger partial charge on any atom is 0.316 e. The standard InChI is InChI=1S/C16H19FN4O5S3/c1-26-14(23)10-27-16-20-19-15(28-16)18-13(22)8-5-9-21(29(2,24)25)12-7-4-3-6-11(12)17/h3-4,6-7H,5,8-10H2,1-2H3,(H,18,19,22). The first-order chi connectivity index (χ1) is 13.7. The number of aromatic nitrogens is 2. The van der Waals surface area contributed by atoms with Gasteiger partial charge in [0.15, 0.2) is 4.34 Å². The molecule has 1 N–H and O–H groups in total. The molecule has 0 fully saturated rings. The third-order valence-electron chi connectivity index (χ3n) is 3.48. The highest BCUT2D eigenvalue weighted by Gasteiger charge is 2.20. The van der Waals surface area contributed by atoms with Gasteiger partial charge in [0.2, 0.25) is 21.1 Å². The van der Waals surface area contributed by atoms with Gasteiger partial charge in [-0.1, -0.05) is 35.2 Å². The van der Waals surface area contributed by atoms with Crippen LogP contribution in [-0.2, 0) is 24.3 Å². The van der Waals surface area contributed by atoms with Crippen molar-refractivity contribution in [3.63, 3.8) is 0 Å². The largest absolute Gasteiger partial charge is 0.468 e. The molecule has 0 saturated heterocycles. The van der Waals surface area contributed by atoms with Crippen molar-refractivity contribution in [3.05, 3.63) is 30.1 Å². The van der Waals surface area contributed by atoms with Crippen molar-refractivity contribution in [1.82, 2.24) is 10.2 Å². The van der Waals surface area contributed by atoms with Crippen LogP contribution in [0.4, 0.5) is 15.2 Å². The van der Waals surface area contributed by atoms with Gasteiger partial charge >= 0.3 is 5.97 Å². The highest BCUT2D eigenvalue weighted by molar-refractivity contribution is 8.01. The summed E-state index contributed by atoms with van der Waals surface area (Å²) >= 11 is 2.24. The maximum absolute atomic E-state index is 14.0. The summed E-state index contributed by atoms with van der Waals surface area (Å²) in [6, 6.07) is 5.54. The van der Waals surface area contributed by atoms with Gasteiger partial charge in [-0.2, -0.15) is 0 Å². The number of benzene rings is 1. The van der Waals surface area contributed by atoms with E-state index in [2.05, 4.69) is 20.3 Å². The van der Waals surface area contributed by atoms with Gasteiger partial charge < -0.3 is 10.1 Å². The van der Waals surface area contributed by atoms with Gasteiger partial charge in [-0.15, -0.1) is 10.2 Å². The number of rotatable bonds is 10. The SMILES string of the molecule is COC(=O)CSc1nnc(NC(=O)CCCN(c2ccccc2F)S(C)(=O)=O)s1. The van der Waals surface area contributed by atoms with Gasteiger partial charge in [0.05, 0.1) is 24.8 Å². The number of hydrogen-bond acceptors (Lipinski definition) is 9. The Hall–Kier alpha value is -2.25. The number of carbonyl (C=O) groups excluding carboxylic acids is 2. The van der Waals surface area contributed by atoms with Crippen LogP contribution in [0.2, 0.25) is 0 Å². The molecular weight excluding hydrogens is 443 g/mol. The average Bonchev–Trinajstić information content (AvgIpc) is 3.10. The van der Waals surface area contributed by atoms with Gasteiger partial charge in [0.25, 0.3) is 0 Å². The van der Waals surface area contributed by atoms with Crippen LogP contribution in [0.5, 0.6) is 0 Å². The van der Waals surface area contributed by atoms with E-state index < -0.39 is 21.8 Å². The highest BCUT2D eigenvalue weighted by atomic mass is 32.2. The lowest BCUT2D eigenvalue weighted by Crippen LogP contribution is -2.32. The van der Waals surface area contributed by atoms with Crippen molar-refractivity contribution in [2.75, 3.05) is 35.3 Å². The molecule has 29 heavy (non-hydrogen) atoms. The van der Waals surface area contributed by atoms with Crippen LogP contribution in [0.3, 0.4) is 0 Å². The molecule has 0 spiro atoms. The molecule has 0 aliphatic rings. The number of para-hydroxylation sites is 1. The van der Waals surface area contributed by atoms with E-state index in [1.54, 1.807) is 0 Å². The third-order valence-corrected chi connectivity index (χ3v) is 6.61.